The van der Waals surface area contributed by atoms with E-state index in [1.54, 1.807) is 40.0 Å². The highest BCUT2D eigenvalue weighted by Gasteiger charge is 2.55. The molecule has 0 radical (unpaired) electrons. The highest BCUT2D eigenvalue weighted by Crippen LogP contribution is 2.42. The van der Waals surface area contributed by atoms with Crippen LogP contribution >= 0.6 is 43.2 Å². The van der Waals surface area contributed by atoms with E-state index in [1.807, 2.05) is 27.7 Å². The molecule has 0 aromatic carbocycles. The smallest absolute Gasteiger partial charge is 0.306 e. The molecule has 36 heteroatoms. The number of ether oxygens (including phenoxy) is 6. The topological polar surface area (TPSA) is 480 Å². The lowest BCUT2D eigenvalue weighted by atomic mass is 9.70. The van der Waals surface area contributed by atoms with E-state index in [9.17, 15) is 85.4 Å². The molecule has 4 aliphatic rings. The van der Waals surface area contributed by atoms with Crippen molar-refractivity contribution >= 4 is 78.2 Å². The van der Waals surface area contributed by atoms with E-state index < -0.39 is 162 Å². The summed E-state index contributed by atoms with van der Waals surface area (Å²) in [5, 5.41) is 126. The van der Waals surface area contributed by atoms with Crippen molar-refractivity contribution in [2.24, 2.45) is 41.2 Å². The number of aliphatic hydroxyl groups is 8. The molecule has 94 heavy (non-hydrogen) atoms. The van der Waals surface area contributed by atoms with Crippen molar-refractivity contribution in [1.29, 1.82) is 0 Å². The summed E-state index contributed by atoms with van der Waals surface area (Å²) in [6, 6.07) is 3.80. The SMILES string of the molecule is CC(=O)NC1C(OC(C)C)OC(CO)C(O)C1OC1CC(C(=O)NCCSSc2ncccc2[N+](=O)[O-])C(CC(C)C)C(O)C1O.CC(=O)NC1C(OC(C)C)OC(CO)C(O)C1OC1CC(C(=O)O)C(CC(C)C)C(O)C1O.NCCSSc1ncccc1[N+](=O)[O-].[Cl-]. The van der Waals surface area contributed by atoms with Crippen molar-refractivity contribution in [2.45, 2.75) is 215 Å². The third-order valence-electron chi connectivity index (χ3n) is 15.3. The molecule has 4 heterocycles. The number of amides is 3. The molecule has 2 saturated carbocycles. The number of nitrogens with zero attached hydrogens (tertiary/aromatic N) is 4. The van der Waals surface area contributed by atoms with Gasteiger partial charge in [0.1, 0.15) is 60.9 Å². The van der Waals surface area contributed by atoms with Crippen molar-refractivity contribution < 1.29 is 116 Å². The van der Waals surface area contributed by atoms with E-state index in [-0.39, 0.29) is 78.1 Å². The fourth-order valence-corrected chi connectivity index (χ4v) is 15.1. The van der Waals surface area contributed by atoms with Crippen molar-refractivity contribution in [3.05, 3.63) is 56.9 Å². The normalized spacial score (nSPS) is 30.8. The average Bonchev–Trinajstić information content (AvgIpc) is 0.785. The van der Waals surface area contributed by atoms with Gasteiger partial charge in [0, 0.05) is 74.8 Å². The van der Waals surface area contributed by atoms with Gasteiger partial charge in [-0.2, -0.15) is 0 Å². The van der Waals surface area contributed by atoms with Crippen LogP contribution in [0.2, 0.25) is 0 Å². The maximum Gasteiger partial charge on any atom is 0.306 e. The summed E-state index contributed by atoms with van der Waals surface area (Å²) in [6.07, 6.45) is -14.4. The zero-order valence-corrected chi connectivity index (χ0v) is 58.0. The molecule has 2 aliphatic carbocycles. The third-order valence-corrected chi connectivity index (χ3v) is 19.9. The van der Waals surface area contributed by atoms with Crippen LogP contribution in [0.4, 0.5) is 11.4 Å². The van der Waals surface area contributed by atoms with Gasteiger partial charge in [-0.15, -0.1) is 0 Å². The third kappa shape index (κ3) is 25.1. The number of halogens is 1. The van der Waals surface area contributed by atoms with Crippen LogP contribution in [0, 0.1) is 55.7 Å². The lowest BCUT2D eigenvalue weighted by Gasteiger charge is -2.48. The summed E-state index contributed by atoms with van der Waals surface area (Å²) >= 11 is 0. The van der Waals surface area contributed by atoms with Gasteiger partial charge in [-0.3, -0.25) is 39.4 Å². The summed E-state index contributed by atoms with van der Waals surface area (Å²) in [4.78, 5) is 78.3. The minimum absolute atomic E-state index is 0. The molecule has 31 nitrogen and oxygen atoms in total. The summed E-state index contributed by atoms with van der Waals surface area (Å²) in [7, 11) is 5.17. The highest BCUT2D eigenvalue weighted by molar-refractivity contribution is 8.77. The summed E-state index contributed by atoms with van der Waals surface area (Å²) in [5.74, 6) is -4.02. The number of nitrogens with two attached hydrogens (primary N) is 1. The molecule has 2 saturated heterocycles. The maximum atomic E-state index is 13.5. The monoisotopic (exact) mass is 1430 g/mol. The van der Waals surface area contributed by atoms with Crippen LogP contribution in [-0.4, -0.2) is 237 Å². The van der Waals surface area contributed by atoms with Crippen molar-refractivity contribution in [3.63, 3.8) is 0 Å². The second kappa shape index (κ2) is 41.5. The van der Waals surface area contributed by atoms with Gasteiger partial charge < -0.3 is 108 Å². The standard InChI is InChI=1S/C29H46N4O11S2.C22H39NO10.C7H9N3O2S2.ClH/c1-14(2)11-17-18(27(39)30-9-10-45-46-28-19(33(40)41)7-6-8-31-28)12-20(24(37)23(17)36)43-26-22(32-16(5)35)29(42-15(3)4)44-21(13-34)25(26)38;1-9(2)6-12-13(21(29)30)7-14(18(27)17(12)26)32-20-16(23-11(5)25)22(31-10(3)4)33-15(8-24)19(20)28;8-3-5-13-14-7-6(10(11)12)2-1-4-9-7;/h6-8,14-15,17-18,20-26,29,34,36-38H,9-13H2,1-5H3,(H,30,39)(H,32,35);9-10,12-20,22,24,26-28H,6-8H2,1-5H3,(H,23,25)(H,29,30);1-2,4H,3,5,8H2;1H/p-1. The van der Waals surface area contributed by atoms with Crippen LogP contribution in [0.1, 0.15) is 94.9 Å². The van der Waals surface area contributed by atoms with Gasteiger partial charge in [-0.05, 0) is 105 Å². The minimum atomic E-state index is -1.44. The number of carboxylic acids is 1. The lowest BCUT2D eigenvalue weighted by Crippen LogP contribution is -3.00. The molecule has 3 amide bonds. The average molecular weight is 1440 g/mol. The lowest BCUT2D eigenvalue weighted by molar-refractivity contribution is -0.388. The number of carbonyl (C=O) groups is 4. The summed E-state index contributed by atoms with van der Waals surface area (Å²) in [5.41, 5.74) is 5.24. The number of aromatic nitrogens is 2. The van der Waals surface area contributed by atoms with Gasteiger partial charge in [0.15, 0.2) is 22.6 Å². The number of hydrogen-bond acceptors (Lipinski definition) is 29. The molecule has 20 unspecified atom stereocenters. The molecule has 536 valence electrons. The van der Waals surface area contributed by atoms with E-state index in [0.29, 0.717) is 30.2 Å². The molecule has 2 aliphatic heterocycles. The molecule has 14 N–H and O–H groups in total. The molecule has 20 atom stereocenters. The molecule has 0 spiro atoms. The first-order valence-corrected chi connectivity index (χ1v) is 35.3. The molecule has 4 fully saturated rings. The van der Waals surface area contributed by atoms with Gasteiger partial charge in [0.25, 0.3) is 0 Å². The van der Waals surface area contributed by atoms with Gasteiger partial charge in [-0.25, -0.2) is 9.97 Å². The van der Waals surface area contributed by atoms with E-state index in [2.05, 4.69) is 25.9 Å². The van der Waals surface area contributed by atoms with Crippen LogP contribution < -0.4 is 34.1 Å². The molecule has 2 aromatic heterocycles. The molecular weight excluding hydrogens is 1340 g/mol. The number of pyridine rings is 2. The number of hydrogen-bond donors (Lipinski definition) is 13. The van der Waals surface area contributed by atoms with Crippen LogP contribution in [0.3, 0.4) is 0 Å². The Bertz CT molecular complexity index is 2680. The first-order chi connectivity index (χ1) is 43.9. The van der Waals surface area contributed by atoms with Crippen LogP contribution in [0.25, 0.3) is 0 Å². The number of carboxylic acid groups (broad SMARTS) is 1. The molecule has 6 rings (SSSR count). The maximum absolute atomic E-state index is 13.5. The number of rotatable bonds is 29. The highest BCUT2D eigenvalue weighted by atomic mass is 35.5. The molecule has 2 aromatic rings. The Morgan fingerprint density at radius 2 is 1.04 bits per heavy atom. The van der Waals surface area contributed by atoms with Gasteiger partial charge in [0.2, 0.25) is 17.7 Å². The predicted molar refractivity (Wildman–Crippen MR) is 343 cm³/mol. The Balaban J connectivity index is 0.000000416. The van der Waals surface area contributed by atoms with Gasteiger partial charge >= 0.3 is 17.3 Å². The number of aliphatic hydroxyl groups excluding tert-OH is 8. The van der Waals surface area contributed by atoms with Gasteiger partial charge in [-0.1, -0.05) is 49.3 Å². The molecular formula is C58H94ClN8O23S4-. The van der Waals surface area contributed by atoms with Crippen LogP contribution in [-0.2, 0) is 47.6 Å². The van der Waals surface area contributed by atoms with E-state index in [4.69, 9.17) is 34.2 Å². The number of aliphatic carboxylic acids is 1. The Kier molecular flexibility index (Phi) is 37.2. The predicted octanol–water partition coefficient (Wildman–Crippen LogP) is -1.06. The Morgan fingerprint density at radius 3 is 1.39 bits per heavy atom. The Labute approximate surface area is 568 Å². The summed E-state index contributed by atoms with van der Waals surface area (Å²) in [6.45, 7) is 16.9. The fraction of sp³-hybridized carbons (Fsp3) is 0.759. The Hall–Kier alpha value is -3.93. The van der Waals surface area contributed by atoms with E-state index in [0.717, 1.165) is 16.5 Å². The number of nitro groups is 2. The fourth-order valence-electron chi connectivity index (χ4n) is 11.3. The van der Waals surface area contributed by atoms with E-state index >= 15 is 0 Å². The van der Waals surface area contributed by atoms with Crippen molar-refractivity contribution in [3.8, 4) is 0 Å². The van der Waals surface area contributed by atoms with Crippen molar-refractivity contribution in [2.75, 3.05) is 37.8 Å². The minimum Gasteiger partial charge on any atom is -1.00 e. The number of carbonyl (C=O) groups excluding carboxylic acids is 3. The zero-order chi connectivity index (χ0) is 69.6. The second-order valence-corrected chi connectivity index (χ2v) is 29.0. The first kappa shape index (κ1) is 84.3. The van der Waals surface area contributed by atoms with Crippen LogP contribution in [0.15, 0.2) is 46.7 Å². The quantitative estimate of drug-likeness (QED) is 0.0200. The first-order valence-electron chi connectivity index (χ1n) is 30.6. The molecule has 0 bridgehead atoms. The zero-order valence-electron chi connectivity index (χ0n) is 54.0. The number of nitrogens with one attached hydrogen (secondary N) is 3. The van der Waals surface area contributed by atoms with E-state index in [1.165, 1.54) is 70.6 Å². The Morgan fingerprint density at radius 1 is 0.649 bits per heavy atom. The summed E-state index contributed by atoms with van der Waals surface area (Å²) < 4.78 is 35.2. The second-order valence-electron chi connectivity index (χ2n) is 24.2. The van der Waals surface area contributed by atoms with Crippen LogP contribution in [0.5, 0.6) is 0 Å². The van der Waals surface area contributed by atoms with Gasteiger partial charge in [0.05, 0.1) is 65.6 Å². The van der Waals surface area contributed by atoms with Crippen molar-refractivity contribution in [1.82, 2.24) is 25.9 Å². The largest absolute Gasteiger partial charge is 1.00 e.